The number of aryl methyl sites for hydroxylation is 1. The minimum atomic E-state index is -0.872. The molecule has 6 heteroatoms. The summed E-state index contributed by atoms with van der Waals surface area (Å²) in [6, 6.07) is 9.46. The fraction of sp³-hybridized carbons (Fsp3) is 0.389. The molecule has 0 saturated carbocycles. The summed E-state index contributed by atoms with van der Waals surface area (Å²) in [7, 11) is 0. The number of benzene rings is 1. The summed E-state index contributed by atoms with van der Waals surface area (Å²) in [5.74, 6) is -0.852. The molecule has 0 aliphatic rings. The standard InChI is InChI=1S/C18H22N2O3S/c1-11(16(21)20-18(3,4)5)23-17(22)15-14(19-12(2)24-15)13-9-7-6-8-10-13/h6-11H,1-5H3,(H,20,21)/t11-/m0/s1. The van der Waals surface area contributed by atoms with E-state index in [9.17, 15) is 9.59 Å². The molecular weight excluding hydrogens is 324 g/mol. The van der Waals surface area contributed by atoms with Crippen molar-refractivity contribution in [2.75, 3.05) is 0 Å². The van der Waals surface area contributed by atoms with Crippen molar-refractivity contribution in [3.8, 4) is 11.3 Å². The predicted molar refractivity (Wildman–Crippen MR) is 95.1 cm³/mol. The van der Waals surface area contributed by atoms with Crippen molar-refractivity contribution >= 4 is 23.2 Å². The van der Waals surface area contributed by atoms with Gasteiger partial charge in [0.2, 0.25) is 0 Å². The van der Waals surface area contributed by atoms with Crippen LogP contribution in [0.3, 0.4) is 0 Å². The SMILES string of the molecule is Cc1nc(-c2ccccc2)c(C(=O)O[C@@H](C)C(=O)NC(C)(C)C)s1. The van der Waals surface area contributed by atoms with Crippen LogP contribution in [0.5, 0.6) is 0 Å². The van der Waals surface area contributed by atoms with E-state index in [1.54, 1.807) is 6.92 Å². The molecular formula is C18H22N2O3S. The van der Waals surface area contributed by atoms with Gasteiger partial charge in [-0.1, -0.05) is 30.3 Å². The minimum absolute atomic E-state index is 0.321. The van der Waals surface area contributed by atoms with Gasteiger partial charge in [0.05, 0.1) is 10.7 Å². The first-order valence-corrected chi connectivity index (χ1v) is 8.55. The average Bonchev–Trinajstić information content (AvgIpc) is 2.88. The van der Waals surface area contributed by atoms with Crippen LogP contribution in [-0.4, -0.2) is 28.5 Å². The topological polar surface area (TPSA) is 68.3 Å². The lowest BCUT2D eigenvalue weighted by Gasteiger charge is -2.23. The number of amides is 1. The summed E-state index contributed by atoms with van der Waals surface area (Å²) >= 11 is 1.27. The van der Waals surface area contributed by atoms with Gasteiger partial charge in [0.15, 0.2) is 6.10 Å². The molecule has 1 amide bonds. The number of hydrogen-bond acceptors (Lipinski definition) is 5. The molecule has 0 fully saturated rings. The van der Waals surface area contributed by atoms with Crippen molar-refractivity contribution in [2.45, 2.75) is 46.3 Å². The van der Waals surface area contributed by atoms with Gasteiger partial charge in [-0.2, -0.15) is 0 Å². The van der Waals surface area contributed by atoms with E-state index in [1.165, 1.54) is 11.3 Å². The zero-order valence-electron chi connectivity index (χ0n) is 14.5. The third-order valence-electron chi connectivity index (χ3n) is 3.12. The molecule has 1 aromatic carbocycles. The van der Waals surface area contributed by atoms with E-state index in [4.69, 9.17) is 4.74 Å². The van der Waals surface area contributed by atoms with Crippen molar-refractivity contribution in [3.05, 3.63) is 40.2 Å². The van der Waals surface area contributed by atoms with Crippen molar-refractivity contribution in [3.63, 3.8) is 0 Å². The maximum absolute atomic E-state index is 12.5. The van der Waals surface area contributed by atoms with Crippen molar-refractivity contribution in [1.82, 2.24) is 10.3 Å². The second-order valence-corrected chi connectivity index (χ2v) is 7.77. The molecule has 5 nitrogen and oxygen atoms in total. The van der Waals surface area contributed by atoms with Gasteiger partial charge < -0.3 is 10.1 Å². The van der Waals surface area contributed by atoms with Gasteiger partial charge in [0.25, 0.3) is 5.91 Å². The monoisotopic (exact) mass is 346 g/mol. The summed E-state index contributed by atoms with van der Waals surface area (Å²) in [4.78, 5) is 29.4. The fourth-order valence-electron chi connectivity index (χ4n) is 2.10. The molecule has 0 radical (unpaired) electrons. The lowest BCUT2D eigenvalue weighted by atomic mass is 10.1. The quantitative estimate of drug-likeness (QED) is 0.859. The Labute approximate surface area is 146 Å². The molecule has 24 heavy (non-hydrogen) atoms. The molecule has 0 spiro atoms. The van der Waals surface area contributed by atoms with Crippen molar-refractivity contribution < 1.29 is 14.3 Å². The van der Waals surface area contributed by atoms with E-state index in [0.717, 1.165) is 10.6 Å². The number of nitrogens with one attached hydrogen (secondary N) is 1. The fourth-order valence-corrected chi connectivity index (χ4v) is 2.92. The molecule has 0 aliphatic heterocycles. The van der Waals surface area contributed by atoms with E-state index < -0.39 is 12.1 Å². The zero-order chi connectivity index (χ0) is 17.9. The Morgan fingerprint density at radius 2 is 1.83 bits per heavy atom. The third kappa shape index (κ3) is 4.64. The van der Waals surface area contributed by atoms with Crippen LogP contribution in [0.1, 0.15) is 42.4 Å². The van der Waals surface area contributed by atoms with Gasteiger partial charge in [-0.3, -0.25) is 4.79 Å². The molecule has 0 unspecified atom stereocenters. The largest absolute Gasteiger partial charge is 0.448 e. The summed E-state index contributed by atoms with van der Waals surface area (Å²) in [6.07, 6.45) is -0.872. The molecule has 0 saturated heterocycles. The lowest BCUT2D eigenvalue weighted by molar-refractivity contribution is -0.130. The van der Waals surface area contributed by atoms with Crippen LogP contribution >= 0.6 is 11.3 Å². The van der Waals surface area contributed by atoms with Crippen LogP contribution in [-0.2, 0) is 9.53 Å². The number of aromatic nitrogens is 1. The van der Waals surface area contributed by atoms with E-state index in [2.05, 4.69) is 10.3 Å². The van der Waals surface area contributed by atoms with E-state index in [-0.39, 0.29) is 11.4 Å². The highest BCUT2D eigenvalue weighted by Crippen LogP contribution is 2.28. The van der Waals surface area contributed by atoms with Gasteiger partial charge in [-0.25, -0.2) is 9.78 Å². The first-order chi connectivity index (χ1) is 11.2. The van der Waals surface area contributed by atoms with Crippen molar-refractivity contribution in [2.24, 2.45) is 0 Å². The average molecular weight is 346 g/mol. The molecule has 1 N–H and O–H groups in total. The number of thiazole rings is 1. The van der Waals surface area contributed by atoms with E-state index >= 15 is 0 Å². The number of rotatable bonds is 4. The Bertz CT molecular complexity index is 732. The Hall–Kier alpha value is -2.21. The summed E-state index contributed by atoms with van der Waals surface area (Å²) in [6.45, 7) is 9.02. The van der Waals surface area contributed by atoms with Crippen LogP contribution in [0.4, 0.5) is 0 Å². The molecule has 1 atom stereocenters. The normalized spacial score (nSPS) is 12.5. The highest BCUT2D eigenvalue weighted by molar-refractivity contribution is 7.14. The Balaban J connectivity index is 2.18. The van der Waals surface area contributed by atoms with Crippen LogP contribution < -0.4 is 5.32 Å². The predicted octanol–water partition coefficient (Wildman–Crippen LogP) is 3.58. The Kier molecular flexibility index (Phi) is 5.39. The second-order valence-electron chi connectivity index (χ2n) is 6.56. The first-order valence-electron chi connectivity index (χ1n) is 7.73. The summed E-state index contributed by atoms with van der Waals surface area (Å²) in [5.41, 5.74) is 1.06. The number of hydrogen-bond donors (Lipinski definition) is 1. The number of nitrogens with zero attached hydrogens (tertiary/aromatic N) is 1. The Morgan fingerprint density at radius 3 is 2.42 bits per heavy atom. The minimum Gasteiger partial charge on any atom is -0.448 e. The maximum Gasteiger partial charge on any atom is 0.351 e. The molecule has 1 aromatic heterocycles. The molecule has 2 rings (SSSR count). The Morgan fingerprint density at radius 1 is 1.21 bits per heavy atom. The number of ether oxygens (including phenoxy) is 1. The van der Waals surface area contributed by atoms with Crippen LogP contribution in [0.2, 0.25) is 0 Å². The number of carbonyl (C=O) groups excluding carboxylic acids is 2. The second kappa shape index (κ2) is 7.13. The van der Waals surface area contributed by atoms with Crippen molar-refractivity contribution in [1.29, 1.82) is 0 Å². The van der Waals surface area contributed by atoms with Crippen LogP contribution in [0, 0.1) is 6.92 Å². The van der Waals surface area contributed by atoms with Gasteiger partial charge in [-0.15, -0.1) is 11.3 Å². The molecule has 2 aromatic rings. The molecule has 128 valence electrons. The molecule has 1 heterocycles. The van der Waals surface area contributed by atoms with Gasteiger partial charge in [-0.05, 0) is 34.6 Å². The van der Waals surface area contributed by atoms with Gasteiger partial charge in [0, 0.05) is 11.1 Å². The van der Waals surface area contributed by atoms with E-state index in [1.807, 2.05) is 58.0 Å². The smallest absolute Gasteiger partial charge is 0.351 e. The molecule has 0 aliphatic carbocycles. The lowest BCUT2D eigenvalue weighted by Crippen LogP contribution is -2.46. The highest BCUT2D eigenvalue weighted by atomic mass is 32.1. The maximum atomic E-state index is 12.5. The van der Waals surface area contributed by atoms with Gasteiger partial charge >= 0.3 is 5.97 Å². The molecule has 0 bridgehead atoms. The summed E-state index contributed by atoms with van der Waals surface area (Å²) in [5, 5.41) is 3.57. The number of carbonyl (C=O) groups is 2. The van der Waals surface area contributed by atoms with Gasteiger partial charge in [0.1, 0.15) is 4.88 Å². The summed E-state index contributed by atoms with van der Waals surface area (Å²) < 4.78 is 5.34. The van der Waals surface area contributed by atoms with E-state index in [0.29, 0.717) is 10.6 Å². The third-order valence-corrected chi connectivity index (χ3v) is 4.07. The number of esters is 1. The first kappa shape index (κ1) is 18.1. The van der Waals surface area contributed by atoms with Crippen LogP contribution in [0.15, 0.2) is 30.3 Å². The highest BCUT2D eigenvalue weighted by Gasteiger charge is 2.26. The van der Waals surface area contributed by atoms with Crippen LogP contribution in [0.25, 0.3) is 11.3 Å². The zero-order valence-corrected chi connectivity index (χ0v) is 15.4.